The number of hydrogen-bond donors (Lipinski definition) is 0. The van der Waals surface area contributed by atoms with E-state index in [0.29, 0.717) is 0 Å². The SMILES string of the molecule is FC(F)C(F)C[SiH2]C(Cl)Cl. The Morgan fingerprint density at radius 2 is 1.70 bits per heavy atom. The molecule has 0 rings (SSSR count). The van der Waals surface area contributed by atoms with Crippen molar-refractivity contribution in [2.45, 2.75) is 23.1 Å². The fraction of sp³-hybridized carbons (Fsp3) is 1.00. The molecule has 0 aromatic carbocycles. The van der Waals surface area contributed by atoms with E-state index in [1.807, 2.05) is 0 Å². The van der Waals surface area contributed by atoms with Crippen LogP contribution in [0, 0.1) is 0 Å². The molecule has 0 saturated carbocycles. The highest BCUT2D eigenvalue weighted by molar-refractivity contribution is 6.68. The Morgan fingerprint density at radius 3 is 2.00 bits per heavy atom. The molecule has 0 amide bonds. The van der Waals surface area contributed by atoms with Crippen LogP contribution in [-0.2, 0) is 0 Å². The number of halogens is 5. The summed E-state index contributed by atoms with van der Waals surface area (Å²) in [7, 11) is -1.07. The van der Waals surface area contributed by atoms with Crippen molar-refractivity contribution < 1.29 is 13.2 Å². The second kappa shape index (κ2) is 5.27. The standard InChI is InChI=1S/C4H7Cl2F3Si/c5-4(6)10-1-2(7)3(8)9/h2-4H,1,10H2. The summed E-state index contributed by atoms with van der Waals surface area (Å²) in [6, 6.07) is -0.144. The molecule has 0 aliphatic carbocycles. The van der Waals surface area contributed by atoms with Gasteiger partial charge in [-0.15, -0.1) is 23.2 Å². The summed E-state index contributed by atoms with van der Waals surface area (Å²) < 4.78 is 34.3. The smallest absolute Gasteiger partial charge is 0.242 e. The Labute approximate surface area is 69.5 Å². The van der Waals surface area contributed by atoms with E-state index in [4.69, 9.17) is 23.2 Å². The predicted octanol–water partition coefficient (Wildman–Crippen LogP) is 1.94. The Bertz CT molecular complexity index is 90.6. The molecule has 0 aromatic rings. The van der Waals surface area contributed by atoms with Gasteiger partial charge in [0.2, 0.25) is 0 Å². The van der Waals surface area contributed by atoms with Crippen molar-refractivity contribution in [2.24, 2.45) is 0 Å². The second-order valence-corrected chi connectivity index (χ2v) is 6.10. The van der Waals surface area contributed by atoms with Crippen LogP contribution in [0.4, 0.5) is 13.2 Å². The van der Waals surface area contributed by atoms with Crippen LogP contribution < -0.4 is 0 Å². The molecule has 0 heterocycles. The molecule has 10 heavy (non-hydrogen) atoms. The molecule has 1 atom stereocenters. The average molecular weight is 211 g/mol. The summed E-state index contributed by atoms with van der Waals surface area (Å²) in [5.41, 5.74) is 0. The van der Waals surface area contributed by atoms with Crippen LogP contribution in [-0.4, -0.2) is 26.6 Å². The molecular formula is C4H7Cl2F3Si. The fourth-order valence-electron chi connectivity index (χ4n) is 0.411. The lowest BCUT2D eigenvalue weighted by Gasteiger charge is -2.05. The normalized spacial score (nSPS) is 15.9. The van der Waals surface area contributed by atoms with Gasteiger partial charge < -0.3 is 0 Å². The molecule has 0 saturated heterocycles. The van der Waals surface area contributed by atoms with Crippen molar-refractivity contribution in [3.8, 4) is 0 Å². The predicted molar refractivity (Wildman–Crippen MR) is 39.7 cm³/mol. The third-order valence-corrected chi connectivity index (χ3v) is 3.56. The van der Waals surface area contributed by atoms with Gasteiger partial charge in [-0.1, -0.05) is 0 Å². The topological polar surface area (TPSA) is 0 Å². The van der Waals surface area contributed by atoms with Crippen LogP contribution in [0.2, 0.25) is 6.04 Å². The van der Waals surface area contributed by atoms with Gasteiger partial charge in [0, 0.05) is 0 Å². The minimum absolute atomic E-state index is 0.144. The molecule has 0 fully saturated rings. The van der Waals surface area contributed by atoms with Gasteiger partial charge in [0.05, 0.1) is 14.0 Å². The molecule has 0 aliphatic rings. The molecule has 0 aliphatic heterocycles. The maximum atomic E-state index is 12.1. The first-order valence-electron chi connectivity index (χ1n) is 2.74. The number of rotatable bonds is 4. The van der Waals surface area contributed by atoms with Crippen LogP contribution in [0.1, 0.15) is 0 Å². The van der Waals surface area contributed by atoms with Crippen LogP contribution in [0.25, 0.3) is 0 Å². The van der Waals surface area contributed by atoms with Crippen molar-refractivity contribution >= 4 is 32.7 Å². The Hall–Kier alpha value is 0.587. The zero-order chi connectivity index (χ0) is 8.15. The van der Waals surface area contributed by atoms with Crippen molar-refractivity contribution in [1.29, 1.82) is 0 Å². The molecular weight excluding hydrogens is 204 g/mol. The monoisotopic (exact) mass is 210 g/mol. The summed E-state index contributed by atoms with van der Waals surface area (Å²) in [5, 5.41) is 0. The highest BCUT2D eigenvalue weighted by Crippen LogP contribution is 2.12. The van der Waals surface area contributed by atoms with Crippen LogP contribution in [0.3, 0.4) is 0 Å². The van der Waals surface area contributed by atoms with Crippen molar-refractivity contribution in [3.05, 3.63) is 0 Å². The van der Waals surface area contributed by atoms with Gasteiger partial charge in [0.25, 0.3) is 6.43 Å². The van der Waals surface area contributed by atoms with Crippen molar-refractivity contribution in [2.75, 3.05) is 0 Å². The molecule has 0 aromatic heterocycles. The Morgan fingerprint density at radius 1 is 1.20 bits per heavy atom. The minimum Gasteiger partial charge on any atom is -0.242 e. The first-order chi connectivity index (χ1) is 4.54. The first-order valence-corrected chi connectivity index (χ1v) is 5.43. The molecule has 0 radical (unpaired) electrons. The average Bonchev–Trinajstić information content (AvgIpc) is 1.82. The maximum absolute atomic E-state index is 12.1. The molecule has 0 nitrogen and oxygen atoms in total. The summed E-state index contributed by atoms with van der Waals surface area (Å²) in [4.78, 5) is 0. The fourth-order valence-corrected chi connectivity index (χ4v) is 1.99. The van der Waals surface area contributed by atoms with Crippen LogP contribution in [0.5, 0.6) is 0 Å². The molecule has 1 unspecified atom stereocenters. The molecule has 6 heteroatoms. The Kier molecular flexibility index (Phi) is 5.57. The van der Waals surface area contributed by atoms with E-state index < -0.39 is 26.6 Å². The first kappa shape index (κ1) is 10.6. The highest BCUT2D eigenvalue weighted by Gasteiger charge is 2.19. The zero-order valence-corrected chi connectivity index (χ0v) is 7.96. The quantitative estimate of drug-likeness (QED) is 0.492. The lowest BCUT2D eigenvalue weighted by Crippen LogP contribution is -2.16. The maximum Gasteiger partial charge on any atom is 0.269 e. The third-order valence-electron chi connectivity index (χ3n) is 0.934. The third kappa shape index (κ3) is 5.38. The summed E-state index contributed by atoms with van der Waals surface area (Å²) in [6.07, 6.45) is -4.92. The van der Waals surface area contributed by atoms with Gasteiger partial charge in [-0.3, -0.25) is 0 Å². The lowest BCUT2D eigenvalue weighted by atomic mass is 10.5. The van der Waals surface area contributed by atoms with E-state index >= 15 is 0 Å². The van der Waals surface area contributed by atoms with E-state index in [9.17, 15) is 13.2 Å². The molecule has 0 spiro atoms. The largest absolute Gasteiger partial charge is 0.269 e. The van der Waals surface area contributed by atoms with Crippen LogP contribution in [0.15, 0.2) is 0 Å². The number of hydrogen-bond acceptors (Lipinski definition) is 0. The minimum atomic E-state index is -2.89. The van der Waals surface area contributed by atoms with E-state index in [2.05, 4.69) is 0 Å². The lowest BCUT2D eigenvalue weighted by molar-refractivity contribution is 0.0603. The van der Waals surface area contributed by atoms with Gasteiger partial charge >= 0.3 is 0 Å². The molecule has 0 N–H and O–H groups in total. The van der Waals surface area contributed by atoms with Gasteiger partial charge in [0.15, 0.2) is 6.17 Å². The summed E-state index contributed by atoms with van der Waals surface area (Å²) in [6.45, 7) is 0. The van der Waals surface area contributed by atoms with E-state index in [0.717, 1.165) is 0 Å². The molecule has 62 valence electrons. The van der Waals surface area contributed by atoms with Gasteiger partial charge in [-0.2, -0.15) is 0 Å². The second-order valence-electron chi connectivity index (χ2n) is 1.82. The highest BCUT2D eigenvalue weighted by atomic mass is 35.5. The van der Waals surface area contributed by atoms with Crippen molar-refractivity contribution in [3.63, 3.8) is 0 Å². The summed E-state index contributed by atoms with van der Waals surface area (Å²) in [5.74, 6) is 0. The van der Waals surface area contributed by atoms with E-state index in [-0.39, 0.29) is 6.04 Å². The van der Waals surface area contributed by atoms with Gasteiger partial charge in [-0.25, -0.2) is 13.2 Å². The van der Waals surface area contributed by atoms with Crippen molar-refractivity contribution in [1.82, 2.24) is 0 Å². The van der Waals surface area contributed by atoms with E-state index in [1.54, 1.807) is 0 Å². The number of alkyl halides is 5. The van der Waals surface area contributed by atoms with Crippen LogP contribution >= 0.6 is 23.2 Å². The Balaban J connectivity index is 3.30. The zero-order valence-electron chi connectivity index (χ0n) is 5.04. The molecule has 0 bridgehead atoms. The summed E-state index contributed by atoms with van der Waals surface area (Å²) >= 11 is 10.5. The van der Waals surface area contributed by atoms with Gasteiger partial charge in [0.1, 0.15) is 0 Å². The van der Waals surface area contributed by atoms with E-state index in [1.165, 1.54) is 0 Å². The van der Waals surface area contributed by atoms with Gasteiger partial charge in [-0.05, 0) is 6.04 Å².